The summed E-state index contributed by atoms with van der Waals surface area (Å²) in [5.74, 6) is 6.02. The maximum absolute atomic E-state index is 5.39. The zero-order chi connectivity index (χ0) is 8.10. The Morgan fingerprint density at radius 3 is 3.09 bits per heavy atom. The first-order chi connectivity index (χ1) is 5.36. The van der Waals surface area contributed by atoms with Gasteiger partial charge >= 0.3 is 0 Å². The van der Waals surface area contributed by atoms with Gasteiger partial charge in [-0.2, -0.15) is 5.10 Å². The Labute approximate surface area is 71.2 Å². The van der Waals surface area contributed by atoms with Crippen LogP contribution in [0.15, 0.2) is 12.4 Å². The van der Waals surface area contributed by atoms with E-state index in [0.29, 0.717) is 5.88 Å². The van der Waals surface area contributed by atoms with Gasteiger partial charge in [-0.25, -0.2) is 0 Å². The summed E-state index contributed by atoms with van der Waals surface area (Å²) in [7, 11) is 0. The number of alkyl halides is 1. The fraction of sp³-hybridized carbons (Fsp3) is 0.375. The predicted octanol–water partition coefficient (Wildman–Crippen LogP) is 1.49. The summed E-state index contributed by atoms with van der Waals surface area (Å²) in [5.41, 5.74) is 0.924. The van der Waals surface area contributed by atoms with Crippen molar-refractivity contribution in [3.63, 3.8) is 0 Å². The predicted molar refractivity (Wildman–Crippen MR) is 45.5 cm³/mol. The second-order valence-corrected chi connectivity index (χ2v) is 2.29. The molecule has 0 bridgehead atoms. The standard InChI is InChI=1S/C8H9ClN2/c1-2-11-7-8(6-10-11)4-3-5-9/h6-7H,2,5H2,1H3. The first kappa shape index (κ1) is 8.16. The van der Waals surface area contributed by atoms with Gasteiger partial charge in [-0.3, -0.25) is 4.68 Å². The number of aromatic nitrogens is 2. The molecule has 0 saturated carbocycles. The molecule has 1 aromatic heterocycles. The molecule has 1 aromatic rings. The third-order valence-electron chi connectivity index (χ3n) is 1.26. The van der Waals surface area contributed by atoms with Gasteiger partial charge in [0.2, 0.25) is 0 Å². The lowest BCUT2D eigenvalue weighted by Gasteiger charge is -1.88. The van der Waals surface area contributed by atoms with E-state index in [-0.39, 0.29) is 0 Å². The molecule has 0 N–H and O–H groups in total. The second-order valence-electron chi connectivity index (χ2n) is 2.02. The number of hydrogen-bond donors (Lipinski definition) is 0. The van der Waals surface area contributed by atoms with Gasteiger partial charge < -0.3 is 0 Å². The Bertz CT molecular complexity index is 280. The SMILES string of the molecule is CCn1cc(C#CCCl)cn1. The minimum absolute atomic E-state index is 0.372. The highest BCUT2D eigenvalue weighted by atomic mass is 35.5. The van der Waals surface area contributed by atoms with Crippen LogP contribution in [0.1, 0.15) is 12.5 Å². The van der Waals surface area contributed by atoms with Crippen molar-refractivity contribution >= 4 is 11.6 Å². The topological polar surface area (TPSA) is 17.8 Å². The molecule has 0 amide bonds. The summed E-state index contributed by atoms with van der Waals surface area (Å²) >= 11 is 5.39. The molecule has 0 atom stereocenters. The molecule has 0 fully saturated rings. The zero-order valence-corrected chi connectivity index (χ0v) is 7.10. The monoisotopic (exact) mass is 168 g/mol. The average Bonchev–Trinajstić information content (AvgIpc) is 2.48. The Kier molecular flexibility index (Phi) is 3.00. The van der Waals surface area contributed by atoms with Crippen LogP contribution in [-0.2, 0) is 6.54 Å². The van der Waals surface area contributed by atoms with Gasteiger partial charge in [0.25, 0.3) is 0 Å². The van der Waals surface area contributed by atoms with Crippen molar-refractivity contribution in [1.29, 1.82) is 0 Å². The first-order valence-electron chi connectivity index (χ1n) is 3.44. The van der Waals surface area contributed by atoms with E-state index in [1.165, 1.54) is 0 Å². The van der Waals surface area contributed by atoms with E-state index in [4.69, 9.17) is 11.6 Å². The van der Waals surface area contributed by atoms with Gasteiger partial charge in [0.15, 0.2) is 0 Å². The van der Waals surface area contributed by atoms with Gasteiger partial charge in [-0.05, 0) is 6.92 Å². The molecule has 3 heteroatoms. The number of aryl methyl sites for hydroxylation is 1. The van der Waals surface area contributed by atoms with E-state index in [9.17, 15) is 0 Å². The largest absolute Gasteiger partial charge is 0.272 e. The lowest BCUT2D eigenvalue weighted by molar-refractivity contribution is 0.660. The van der Waals surface area contributed by atoms with Crippen LogP contribution in [0.4, 0.5) is 0 Å². The molecule has 58 valence electrons. The molecule has 0 saturated heterocycles. The zero-order valence-electron chi connectivity index (χ0n) is 6.34. The van der Waals surface area contributed by atoms with Gasteiger partial charge in [-0.15, -0.1) is 11.6 Å². The molecule has 0 aliphatic carbocycles. The molecule has 0 radical (unpaired) electrons. The van der Waals surface area contributed by atoms with E-state index in [1.807, 2.05) is 17.8 Å². The molecule has 0 aromatic carbocycles. The lowest BCUT2D eigenvalue weighted by atomic mass is 10.4. The van der Waals surface area contributed by atoms with Crippen molar-refractivity contribution in [2.24, 2.45) is 0 Å². The third-order valence-corrected chi connectivity index (χ3v) is 1.39. The van der Waals surface area contributed by atoms with Crippen molar-refractivity contribution in [3.05, 3.63) is 18.0 Å². The van der Waals surface area contributed by atoms with Gasteiger partial charge in [0.05, 0.1) is 17.6 Å². The molecule has 0 unspecified atom stereocenters. The Balaban J connectivity index is 2.72. The number of rotatable bonds is 1. The van der Waals surface area contributed by atoms with E-state index in [2.05, 4.69) is 16.9 Å². The van der Waals surface area contributed by atoms with E-state index < -0.39 is 0 Å². The smallest absolute Gasteiger partial charge is 0.0839 e. The maximum atomic E-state index is 5.39. The van der Waals surface area contributed by atoms with Gasteiger partial charge in [0, 0.05) is 12.7 Å². The molecule has 0 aliphatic heterocycles. The summed E-state index contributed by atoms with van der Waals surface area (Å²) < 4.78 is 1.83. The van der Waals surface area contributed by atoms with Crippen molar-refractivity contribution in [2.75, 3.05) is 5.88 Å². The summed E-state index contributed by atoms with van der Waals surface area (Å²) in [5, 5.41) is 4.06. The van der Waals surface area contributed by atoms with E-state index in [0.717, 1.165) is 12.1 Å². The number of halogens is 1. The van der Waals surface area contributed by atoms with Crippen molar-refractivity contribution in [2.45, 2.75) is 13.5 Å². The third kappa shape index (κ3) is 2.28. The maximum Gasteiger partial charge on any atom is 0.0839 e. The van der Waals surface area contributed by atoms with Crippen molar-refractivity contribution in [3.8, 4) is 11.8 Å². The van der Waals surface area contributed by atoms with Gasteiger partial charge in [-0.1, -0.05) is 11.8 Å². The summed E-state index contributed by atoms with van der Waals surface area (Å²) in [4.78, 5) is 0. The van der Waals surface area contributed by atoms with Crippen LogP contribution in [0.5, 0.6) is 0 Å². The molecule has 1 rings (SSSR count). The van der Waals surface area contributed by atoms with Crippen LogP contribution in [0.2, 0.25) is 0 Å². The molecule has 11 heavy (non-hydrogen) atoms. The summed E-state index contributed by atoms with van der Waals surface area (Å²) in [6.07, 6.45) is 3.64. The normalized spacial score (nSPS) is 8.91. The van der Waals surface area contributed by atoms with E-state index in [1.54, 1.807) is 6.20 Å². The van der Waals surface area contributed by atoms with Crippen LogP contribution in [-0.4, -0.2) is 15.7 Å². The summed E-state index contributed by atoms with van der Waals surface area (Å²) in [6.45, 7) is 2.91. The fourth-order valence-electron chi connectivity index (χ4n) is 0.737. The quantitative estimate of drug-likeness (QED) is 0.459. The lowest BCUT2D eigenvalue weighted by Crippen LogP contribution is -1.91. The molecular weight excluding hydrogens is 160 g/mol. The number of hydrogen-bond acceptors (Lipinski definition) is 1. The minimum Gasteiger partial charge on any atom is -0.272 e. The Morgan fingerprint density at radius 1 is 1.73 bits per heavy atom. The first-order valence-corrected chi connectivity index (χ1v) is 3.97. The van der Waals surface area contributed by atoms with E-state index >= 15 is 0 Å². The van der Waals surface area contributed by atoms with Crippen LogP contribution in [0.3, 0.4) is 0 Å². The Hall–Kier alpha value is -0.940. The van der Waals surface area contributed by atoms with Crippen LogP contribution in [0, 0.1) is 11.8 Å². The highest BCUT2D eigenvalue weighted by molar-refractivity contribution is 6.19. The van der Waals surface area contributed by atoms with Gasteiger partial charge in [0.1, 0.15) is 0 Å². The number of nitrogens with zero attached hydrogens (tertiary/aromatic N) is 2. The van der Waals surface area contributed by atoms with Crippen LogP contribution < -0.4 is 0 Å². The molecule has 0 spiro atoms. The minimum atomic E-state index is 0.372. The van der Waals surface area contributed by atoms with Crippen LogP contribution >= 0.6 is 11.6 Å². The molecule has 0 aliphatic rings. The second kappa shape index (κ2) is 4.05. The highest BCUT2D eigenvalue weighted by Gasteiger charge is 1.90. The molecule has 2 nitrogen and oxygen atoms in total. The average molecular weight is 169 g/mol. The van der Waals surface area contributed by atoms with Crippen LogP contribution in [0.25, 0.3) is 0 Å². The summed E-state index contributed by atoms with van der Waals surface area (Å²) in [6, 6.07) is 0. The fourth-order valence-corrected chi connectivity index (χ4v) is 0.803. The van der Waals surface area contributed by atoms with Crippen molar-refractivity contribution in [1.82, 2.24) is 9.78 Å². The van der Waals surface area contributed by atoms with Crippen molar-refractivity contribution < 1.29 is 0 Å². The Morgan fingerprint density at radius 2 is 2.55 bits per heavy atom. The molecule has 1 heterocycles. The highest BCUT2D eigenvalue weighted by Crippen LogP contribution is 1.94. The molecular formula is C8H9ClN2.